The number of rotatable bonds is 0. The van der Waals surface area contributed by atoms with E-state index in [1.165, 1.54) is 6.92 Å². The van der Waals surface area contributed by atoms with E-state index in [4.69, 9.17) is 42.0 Å². The molecule has 0 unspecified atom stereocenters. The molecular weight excluding hydrogens is 278 g/mol. The number of carbonyl (C=O) groups excluding carboxylic acids is 1. The zero-order valence-electron chi connectivity index (χ0n) is 4.50. The molecule has 0 aliphatic rings. The second kappa shape index (κ2) is 10.3. The first kappa shape index (κ1) is 17.4. The predicted octanol–water partition coefficient (Wildman–Crippen LogP) is 2.96. The van der Waals surface area contributed by atoms with Crippen LogP contribution in [0.2, 0.25) is 0 Å². The summed E-state index contributed by atoms with van der Waals surface area (Å²) in [5.41, 5.74) is 0. The standard InChI is InChI=1S/C2H4O.4ClH.2Ti/c1-2-3;;;;;;/h2H,1H3;4*1H;;/q;;;;;;+4/p-4. The van der Waals surface area contributed by atoms with Gasteiger partial charge in [-0.2, -0.15) is 0 Å². The molecule has 0 aromatic carbocycles. The van der Waals surface area contributed by atoms with Gasteiger partial charge in [-0.1, -0.05) is 0 Å². The van der Waals surface area contributed by atoms with Crippen LogP contribution in [0.25, 0.3) is 0 Å². The molecule has 0 rings (SSSR count). The van der Waals surface area contributed by atoms with Gasteiger partial charge in [-0.3, -0.25) is 0 Å². The molecule has 0 aromatic rings. The number of halogens is 4. The first-order valence-electron chi connectivity index (χ1n) is 1.57. The van der Waals surface area contributed by atoms with E-state index in [1.54, 1.807) is 0 Å². The molecule has 0 bridgehead atoms. The van der Waals surface area contributed by atoms with Gasteiger partial charge in [-0.05, 0) is 6.92 Å². The third kappa shape index (κ3) is 137. The fourth-order valence-electron chi connectivity index (χ4n) is 0. The van der Waals surface area contributed by atoms with Crippen LogP contribution in [0.15, 0.2) is 0 Å². The van der Waals surface area contributed by atoms with E-state index < -0.39 is 12.3 Å². The van der Waals surface area contributed by atoms with Crippen molar-refractivity contribution in [2.75, 3.05) is 0 Å². The van der Waals surface area contributed by atoms with E-state index in [0.717, 1.165) is 6.29 Å². The van der Waals surface area contributed by atoms with Crippen LogP contribution in [-0.4, -0.2) is 6.29 Å². The third-order valence-corrected chi connectivity index (χ3v) is 0. The van der Waals surface area contributed by atoms with E-state index in [2.05, 4.69) is 0 Å². The minimum absolute atomic E-state index is 0. The second-order valence-corrected chi connectivity index (χ2v) is 16.1. The van der Waals surface area contributed by atoms with Gasteiger partial charge >= 0.3 is 49.6 Å². The molecule has 0 aliphatic carbocycles. The molecule has 0 aromatic heterocycles. The van der Waals surface area contributed by atoms with Crippen LogP contribution in [0, 0.1) is 0 Å². The second-order valence-electron chi connectivity index (χ2n) is 0.664. The molecule has 0 saturated heterocycles. The molecule has 7 heteroatoms. The van der Waals surface area contributed by atoms with Crippen molar-refractivity contribution in [1.29, 1.82) is 0 Å². The van der Waals surface area contributed by atoms with E-state index in [9.17, 15) is 0 Å². The van der Waals surface area contributed by atoms with Crippen molar-refractivity contribution in [2.24, 2.45) is 0 Å². The first-order valence-corrected chi connectivity index (χ1v) is 10.2. The maximum Gasteiger partial charge on any atom is 0 e. The zero-order valence-corrected chi connectivity index (χ0v) is 10.6. The SMILES string of the molecule is CC=O.[Cl][Ti]([Cl])([Cl])[Cl].[Ti]. The van der Waals surface area contributed by atoms with E-state index in [1.807, 2.05) is 0 Å². The van der Waals surface area contributed by atoms with Gasteiger partial charge < -0.3 is 4.79 Å². The summed E-state index contributed by atoms with van der Waals surface area (Å²) in [6.07, 6.45) is 0.750. The van der Waals surface area contributed by atoms with Crippen LogP contribution in [-0.2, 0) is 38.9 Å². The van der Waals surface area contributed by atoms with Gasteiger partial charge in [0.2, 0.25) is 0 Å². The van der Waals surface area contributed by atoms with Crippen molar-refractivity contribution < 1.29 is 38.9 Å². The van der Waals surface area contributed by atoms with Gasteiger partial charge in [0.15, 0.2) is 0 Å². The van der Waals surface area contributed by atoms with Crippen LogP contribution < -0.4 is 0 Å². The van der Waals surface area contributed by atoms with Crippen molar-refractivity contribution in [3.05, 3.63) is 0 Å². The molecule has 9 heavy (non-hydrogen) atoms. The van der Waals surface area contributed by atoms with Crippen molar-refractivity contribution in [2.45, 2.75) is 6.92 Å². The van der Waals surface area contributed by atoms with Gasteiger partial charge in [-0.25, -0.2) is 0 Å². The number of aldehydes is 1. The van der Waals surface area contributed by atoms with Crippen LogP contribution in [0.1, 0.15) is 6.92 Å². The zero-order chi connectivity index (χ0) is 7.21. The van der Waals surface area contributed by atoms with Gasteiger partial charge in [0.05, 0.1) is 0 Å². The van der Waals surface area contributed by atoms with Crippen molar-refractivity contribution >= 4 is 43.5 Å². The molecular formula is C2H4Cl4OTi2. The topological polar surface area (TPSA) is 17.1 Å². The quantitative estimate of drug-likeness (QED) is 0.493. The van der Waals surface area contributed by atoms with E-state index in [0.29, 0.717) is 0 Å². The minimum atomic E-state index is -3.11. The molecule has 0 aliphatic heterocycles. The van der Waals surface area contributed by atoms with Crippen LogP contribution in [0.3, 0.4) is 0 Å². The molecule has 0 atom stereocenters. The maximum atomic E-state index is 8.81. The Morgan fingerprint density at radius 2 is 1.22 bits per heavy atom. The normalized spacial score (nSPS) is 8.11. The number of hydrogen-bond donors (Lipinski definition) is 0. The molecule has 0 radical (unpaired) electrons. The largest absolute Gasteiger partial charge is 0 e. The average molecular weight is 282 g/mol. The third-order valence-electron chi connectivity index (χ3n) is 0. The Morgan fingerprint density at radius 1 is 1.22 bits per heavy atom. The molecule has 0 saturated carbocycles. The van der Waals surface area contributed by atoms with Gasteiger partial charge in [0.25, 0.3) is 0 Å². The summed E-state index contributed by atoms with van der Waals surface area (Å²) in [6.45, 7) is 1.44. The monoisotopic (exact) mass is 280 g/mol. The van der Waals surface area contributed by atoms with Crippen molar-refractivity contribution in [3.8, 4) is 0 Å². The molecule has 0 N–H and O–H groups in total. The van der Waals surface area contributed by atoms with Gasteiger partial charge in [0, 0.05) is 21.7 Å². The van der Waals surface area contributed by atoms with Crippen LogP contribution in [0.4, 0.5) is 0 Å². The smallest absolute Gasteiger partial charge is 0 e. The van der Waals surface area contributed by atoms with Crippen LogP contribution >= 0.6 is 37.2 Å². The average Bonchev–Trinajstić information content (AvgIpc) is 1.27. The van der Waals surface area contributed by atoms with E-state index in [-0.39, 0.29) is 21.7 Å². The fourth-order valence-corrected chi connectivity index (χ4v) is 0. The number of hydrogen-bond acceptors (Lipinski definition) is 1. The Hall–Kier alpha value is 2.26. The summed E-state index contributed by atoms with van der Waals surface area (Å²) in [7, 11) is 20.1. The summed E-state index contributed by atoms with van der Waals surface area (Å²) < 4.78 is 0. The summed E-state index contributed by atoms with van der Waals surface area (Å²) in [5, 5.41) is 0. The molecule has 1 nitrogen and oxygen atoms in total. The number of carbonyl (C=O) groups is 1. The summed E-state index contributed by atoms with van der Waals surface area (Å²) in [4.78, 5) is 8.81. The molecule has 0 amide bonds. The molecule has 0 spiro atoms. The fraction of sp³-hybridized carbons (Fsp3) is 0.500. The Morgan fingerprint density at radius 3 is 1.22 bits per heavy atom. The van der Waals surface area contributed by atoms with Crippen molar-refractivity contribution in [1.82, 2.24) is 0 Å². The van der Waals surface area contributed by atoms with Crippen molar-refractivity contribution in [3.63, 3.8) is 0 Å². The van der Waals surface area contributed by atoms with E-state index >= 15 is 0 Å². The summed E-state index contributed by atoms with van der Waals surface area (Å²) >= 11 is -3.11. The maximum absolute atomic E-state index is 8.81. The van der Waals surface area contributed by atoms with Crippen LogP contribution in [0.5, 0.6) is 0 Å². The Kier molecular flexibility index (Phi) is 19.8. The molecule has 0 fully saturated rings. The predicted molar refractivity (Wildman–Crippen MR) is 35.2 cm³/mol. The minimum Gasteiger partial charge on any atom is 0 e. The molecule has 54 valence electrons. The van der Waals surface area contributed by atoms with Gasteiger partial charge in [-0.15, -0.1) is 0 Å². The Bertz CT molecular complexity index is 56.1. The Balaban J connectivity index is -0.0000000800. The first-order chi connectivity index (χ1) is 3.41. The summed E-state index contributed by atoms with van der Waals surface area (Å²) in [6, 6.07) is 0. The molecule has 0 heterocycles. The summed E-state index contributed by atoms with van der Waals surface area (Å²) in [5.74, 6) is 0. The van der Waals surface area contributed by atoms with Gasteiger partial charge in [0.1, 0.15) is 6.29 Å². The Labute approximate surface area is 88.1 Å².